The summed E-state index contributed by atoms with van der Waals surface area (Å²) in [7, 11) is -0.337. The minimum absolute atomic E-state index is 0.0904. The third-order valence-corrected chi connectivity index (χ3v) is 4.16. The van der Waals surface area contributed by atoms with E-state index in [0.29, 0.717) is 0 Å². The maximum atomic E-state index is 8.91. The summed E-state index contributed by atoms with van der Waals surface area (Å²) < 4.78 is 12.0. The van der Waals surface area contributed by atoms with E-state index in [1.807, 2.05) is 58.9 Å². The lowest BCUT2D eigenvalue weighted by atomic mass is 9.78. The lowest BCUT2D eigenvalue weighted by Crippen LogP contribution is -2.41. The summed E-state index contributed by atoms with van der Waals surface area (Å²) >= 11 is 0. The zero-order valence-electron chi connectivity index (χ0n) is 12.2. The topological polar surface area (TPSA) is 42.2 Å². The summed E-state index contributed by atoms with van der Waals surface area (Å²) in [5, 5.41) is 8.91. The van der Waals surface area contributed by atoms with Crippen LogP contribution in [0.25, 0.3) is 0 Å². The Balaban J connectivity index is 2.19. The molecular weight excluding hydrogens is 237 g/mol. The SMILES string of the molecule is C[C@H](C#N)c1ccc(B2OC(C)(C)C(C)(C)O2)cc1. The van der Waals surface area contributed by atoms with Crippen LogP contribution in [0.3, 0.4) is 0 Å². The molecule has 1 aromatic carbocycles. The molecule has 4 heteroatoms. The Morgan fingerprint density at radius 2 is 1.53 bits per heavy atom. The van der Waals surface area contributed by atoms with Crippen molar-refractivity contribution in [3.05, 3.63) is 29.8 Å². The minimum Gasteiger partial charge on any atom is -0.399 e. The van der Waals surface area contributed by atoms with Crippen LogP contribution in [-0.2, 0) is 9.31 Å². The van der Waals surface area contributed by atoms with Gasteiger partial charge in [0.05, 0.1) is 23.2 Å². The Kier molecular flexibility index (Phi) is 3.46. The van der Waals surface area contributed by atoms with Gasteiger partial charge in [-0.1, -0.05) is 24.3 Å². The van der Waals surface area contributed by atoms with Gasteiger partial charge in [-0.2, -0.15) is 5.26 Å². The van der Waals surface area contributed by atoms with Gasteiger partial charge >= 0.3 is 7.12 Å². The molecular formula is C15H20BNO2. The molecule has 0 radical (unpaired) electrons. The number of benzene rings is 1. The van der Waals surface area contributed by atoms with Gasteiger partial charge < -0.3 is 9.31 Å². The van der Waals surface area contributed by atoms with Gasteiger partial charge in [0.15, 0.2) is 0 Å². The zero-order chi connectivity index (χ0) is 14.3. The third-order valence-electron chi connectivity index (χ3n) is 4.16. The first-order chi connectivity index (χ1) is 8.77. The summed E-state index contributed by atoms with van der Waals surface area (Å²) in [6, 6.07) is 10.1. The Bertz CT molecular complexity index is 486. The molecule has 1 saturated heterocycles. The standard InChI is InChI=1S/C15H20BNO2/c1-11(10-17)12-6-8-13(9-7-12)16-18-14(2,3)15(4,5)19-16/h6-9,11H,1-5H3/t11-/m1/s1. The van der Waals surface area contributed by atoms with E-state index in [0.717, 1.165) is 11.0 Å². The maximum Gasteiger partial charge on any atom is 0.494 e. The molecule has 0 bridgehead atoms. The monoisotopic (exact) mass is 257 g/mol. The summed E-state index contributed by atoms with van der Waals surface area (Å²) in [6.07, 6.45) is 0. The average molecular weight is 257 g/mol. The Morgan fingerprint density at radius 1 is 1.05 bits per heavy atom. The van der Waals surface area contributed by atoms with Crippen LogP contribution in [0.15, 0.2) is 24.3 Å². The molecule has 3 nitrogen and oxygen atoms in total. The van der Waals surface area contributed by atoms with Gasteiger partial charge in [0, 0.05) is 0 Å². The molecule has 100 valence electrons. The quantitative estimate of drug-likeness (QED) is 0.765. The van der Waals surface area contributed by atoms with E-state index in [9.17, 15) is 0 Å². The van der Waals surface area contributed by atoms with Crippen LogP contribution in [0, 0.1) is 11.3 Å². The van der Waals surface area contributed by atoms with Crippen molar-refractivity contribution in [2.45, 2.75) is 51.7 Å². The highest BCUT2D eigenvalue weighted by Gasteiger charge is 2.51. The first-order valence-corrected chi connectivity index (χ1v) is 6.62. The van der Waals surface area contributed by atoms with Gasteiger partial charge in [-0.25, -0.2) is 0 Å². The first kappa shape index (κ1) is 14.1. The van der Waals surface area contributed by atoms with Gasteiger partial charge in [0.25, 0.3) is 0 Å². The van der Waals surface area contributed by atoms with Crippen molar-refractivity contribution in [1.82, 2.24) is 0 Å². The molecule has 0 unspecified atom stereocenters. The highest BCUT2D eigenvalue weighted by Crippen LogP contribution is 2.36. The van der Waals surface area contributed by atoms with Crippen LogP contribution in [0.5, 0.6) is 0 Å². The molecule has 2 rings (SSSR count). The van der Waals surface area contributed by atoms with Crippen molar-refractivity contribution in [3.8, 4) is 6.07 Å². The van der Waals surface area contributed by atoms with Gasteiger partial charge in [0.1, 0.15) is 0 Å². The van der Waals surface area contributed by atoms with E-state index in [-0.39, 0.29) is 24.2 Å². The number of hydrogen-bond donors (Lipinski definition) is 0. The van der Waals surface area contributed by atoms with E-state index in [1.165, 1.54) is 0 Å². The number of hydrogen-bond acceptors (Lipinski definition) is 3. The van der Waals surface area contributed by atoms with Crippen molar-refractivity contribution in [3.63, 3.8) is 0 Å². The summed E-state index contributed by atoms with van der Waals surface area (Å²) in [4.78, 5) is 0. The number of nitrogens with zero attached hydrogens (tertiary/aromatic N) is 1. The van der Waals surface area contributed by atoms with E-state index >= 15 is 0 Å². The lowest BCUT2D eigenvalue weighted by Gasteiger charge is -2.32. The van der Waals surface area contributed by atoms with E-state index in [2.05, 4.69) is 6.07 Å². The Morgan fingerprint density at radius 3 is 1.95 bits per heavy atom. The molecule has 1 aliphatic heterocycles. The molecule has 1 heterocycles. The number of rotatable bonds is 2. The van der Waals surface area contributed by atoms with Gasteiger partial charge in [-0.3, -0.25) is 0 Å². The van der Waals surface area contributed by atoms with E-state index < -0.39 is 0 Å². The predicted octanol–water partition coefficient (Wildman–Crippen LogP) is 2.61. The molecule has 0 amide bonds. The second-order valence-electron chi connectivity index (χ2n) is 6.11. The molecule has 0 spiro atoms. The van der Waals surface area contributed by atoms with Gasteiger partial charge in [-0.05, 0) is 45.6 Å². The van der Waals surface area contributed by atoms with Crippen LogP contribution in [0.1, 0.15) is 46.1 Å². The fourth-order valence-electron chi connectivity index (χ4n) is 2.00. The van der Waals surface area contributed by atoms with Crippen molar-refractivity contribution in [2.24, 2.45) is 0 Å². The molecule has 1 atom stereocenters. The molecule has 0 aliphatic carbocycles. The first-order valence-electron chi connectivity index (χ1n) is 6.62. The lowest BCUT2D eigenvalue weighted by molar-refractivity contribution is 0.00578. The summed E-state index contributed by atoms with van der Waals surface area (Å²) in [5.41, 5.74) is 1.36. The second kappa shape index (κ2) is 4.66. The molecule has 19 heavy (non-hydrogen) atoms. The van der Waals surface area contributed by atoms with Crippen molar-refractivity contribution < 1.29 is 9.31 Å². The van der Waals surface area contributed by atoms with Crippen LogP contribution >= 0.6 is 0 Å². The summed E-state index contributed by atoms with van der Waals surface area (Å²) in [6.45, 7) is 10.1. The molecule has 0 saturated carbocycles. The Hall–Kier alpha value is -1.31. The minimum atomic E-state index is -0.337. The van der Waals surface area contributed by atoms with Gasteiger partial charge in [0.2, 0.25) is 0 Å². The van der Waals surface area contributed by atoms with Crippen molar-refractivity contribution in [2.75, 3.05) is 0 Å². The van der Waals surface area contributed by atoms with E-state index in [1.54, 1.807) is 0 Å². The fourth-order valence-corrected chi connectivity index (χ4v) is 2.00. The summed E-state index contributed by atoms with van der Waals surface area (Å²) in [5.74, 6) is -0.0904. The molecule has 1 aromatic rings. The smallest absolute Gasteiger partial charge is 0.399 e. The zero-order valence-corrected chi connectivity index (χ0v) is 12.2. The highest BCUT2D eigenvalue weighted by molar-refractivity contribution is 6.62. The Labute approximate surface area is 115 Å². The van der Waals surface area contributed by atoms with Crippen LogP contribution in [0.4, 0.5) is 0 Å². The maximum absolute atomic E-state index is 8.91. The molecule has 1 aliphatic rings. The average Bonchev–Trinajstić information content (AvgIpc) is 2.58. The number of nitriles is 1. The van der Waals surface area contributed by atoms with Crippen molar-refractivity contribution >= 4 is 12.6 Å². The fraction of sp³-hybridized carbons (Fsp3) is 0.533. The van der Waals surface area contributed by atoms with Crippen LogP contribution in [-0.4, -0.2) is 18.3 Å². The molecule has 0 N–H and O–H groups in total. The van der Waals surface area contributed by atoms with E-state index in [4.69, 9.17) is 14.6 Å². The third kappa shape index (κ3) is 2.54. The van der Waals surface area contributed by atoms with Crippen LogP contribution < -0.4 is 5.46 Å². The van der Waals surface area contributed by atoms with Crippen molar-refractivity contribution in [1.29, 1.82) is 5.26 Å². The largest absolute Gasteiger partial charge is 0.494 e. The normalized spacial score (nSPS) is 22.0. The second-order valence-corrected chi connectivity index (χ2v) is 6.11. The van der Waals surface area contributed by atoms with Gasteiger partial charge in [-0.15, -0.1) is 0 Å². The molecule has 1 fully saturated rings. The molecule has 0 aromatic heterocycles. The highest BCUT2D eigenvalue weighted by atomic mass is 16.7. The predicted molar refractivity (Wildman–Crippen MR) is 76.2 cm³/mol. The van der Waals surface area contributed by atoms with Crippen LogP contribution in [0.2, 0.25) is 0 Å².